The summed E-state index contributed by atoms with van der Waals surface area (Å²) in [5.74, 6) is 0.415. The lowest BCUT2D eigenvalue weighted by molar-refractivity contribution is 0.00438. The predicted octanol–water partition coefficient (Wildman–Crippen LogP) is 1.49. The van der Waals surface area contributed by atoms with E-state index in [9.17, 15) is 18.3 Å². The fourth-order valence-corrected chi connectivity index (χ4v) is 5.62. The van der Waals surface area contributed by atoms with E-state index in [-0.39, 0.29) is 17.6 Å². The lowest BCUT2D eigenvalue weighted by Crippen LogP contribution is -2.42. The Kier molecular flexibility index (Phi) is 5.58. The van der Waals surface area contributed by atoms with Crippen molar-refractivity contribution in [3.63, 3.8) is 0 Å². The van der Waals surface area contributed by atoms with Gasteiger partial charge in [-0.25, -0.2) is 17.7 Å². The Morgan fingerprint density at radius 2 is 2.00 bits per heavy atom. The second-order valence-corrected chi connectivity index (χ2v) is 10.4. The van der Waals surface area contributed by atoms with Crippen LogP contribution in [-0.4, -0.2) is 63.4 Å². The smallest absolute Gasteiger partial charge is 0.252 e. The Morgan fingerprint density at radius 1 is 1.27 bits per heavy atom. The molecule has 2 aromatic heterocycles. The molecule has 2 atom stereocenters. The molecule has 2 fully saturated rings. The van der Waals surface area contributed by atoms with Crippen molar-refractivity contribution in [1.29, 1.82) is 0 Å². The molecule has 3 heterocycles. The summed E-state index contributed by atoms with van der Waals surface area (Å²) in [7, 11) is -3.17. The molecule has 164 valence electrons. The fraction of sp³-hybridized carbons (Fsp3) is 0.650. The molecule has 0 radical (unpaired) electrons. The van der Waals surface area contributed by atoms with E-state index in [2.05, 4.69) is 15.3 Å². The number of nitrogens with one attached hydrogen (secondary N) is 1. The molecule has 0 spiro atoms. The van der Waals surface area contributed by atoms with Crippen molar-refractivity contribution in [3.8, 4) is 0 Å². The van der Waals surface area contributed by atoms with Gasteiger partial charge in [-0.3, -0.25) is 9.36 Å². The van der Waals surface area contributed by atoms with E-state index in [1.165, 1.54) is 16.6 Å². The lowest BCUT2D eigenvalue weighted by Gasteiger charge is -2.31. The van der Waals surface area contributed by atoms with Crippen LogP contribution >= 0.6 is 0 Å². The number of fused-ring (bicyclic) bond motifs is 1. The van der Waals surface area contributed by atoms with Crippen LogP contribution in [0.5, 0.6) is 0 Å². The largest absolute Gasteiger partial charge is 0.388 e. The van der Waals surface area contributed by atoms with Gasteiger partial charge in [-0.15, -0.1) is 0 Å². The molecule has 1 saturated heterocycles. The van der Waals surface area contributed by atoms with Crippen molar-refractivity contribution in [2.45, 2.75) is 63.1 Å². The minimum absolute atomic E-state index is 0.0587. The second kappa shape index (κ2) is 7.90. The first-order valence-corrected chi connectivity index (χ1v) is 12.4. The predicted molar refractivity (Wildman–Crippen MR) is 115 cm³/mol. The number of piperidine rings is 1. The summed E-state index contributed by atoms with van der Waals surface area (Å²) in [5.41, 5.74) is -0.561. The molecule has 2 N–H and O–H groups in total. The maximum absolute atomic E-state index is 12.8. The molecule has 30 heavy (non-hydrogen) atoms. The van der Waals surface area contributed by atoms with Crippen molar-refractivity contribution >= 4 is 27.0 Å². The summed E-state index contributed by atoms with van der Waals surface area (Å²) < 4.78 is 26.5. The van der Waals surface area contributed by atoms with Crippen LogP contribution in [0.1, 0.15) is 51.5 Å². The fourth-order valence-electron chi connectivity index (χ4n) is 4.74. The van der Waals surface area contributed by atoms with Crippen LogP contribution in [0.4, 0.5) is 5.95 Å². The average molecular weight is 436 g/mol. The Hall–Kier alpha value is -2.04. The highest BCUT2D eigenvalue weighted by molar-refractivity contribution is 7.88. The minimum Gasteiger partial charge on any atom is -0.388 e. The molecule has 4 rings (SSSR count). The molecule has 0 amide bonds. The Labute approximate surface area is 176 Å². The van der Waals surface area contributed by atoms with Crippen molar-refractivity contribution in [2.24, 2.45) is 0 Å². The Balaban J connectivity index is 1.62. The number of aliphatic hydroxyl groups is 1. The standard InChI is InChI=1S/C20H29N5O4S/c1-3-20(27)10-4-5-16(20)25-17(26)7-6-14-13-21-19(23-18(14)25)22-15-8-11-24(12-9-15)30(2,28)29/h6-7,13,15-16,27H,3-5,8-12H2,1-2H3,(H,21,22,23)/t16-,20-/m0/s1. The first-order chi connectivity index (χ1) is 14.2. The van der Waals surface area contributed by atoms with Crippen molar-refractivity contribution in [2.75, 3.05) is 24.7 Å². The molecule has 1 saturated carbocycles. The van der Waals surface area contributed by atoms with E-state index in [1.807, 2.05) is 6.92 Å². The highest BCUT2D eigenvalue weighted by Gasteiger charge is 2.42. The number of sulfonamides is 1. The zero-order valence-corrected chi connectivity index (χ0v) is 18.2. The summed E-state index contributed by atoms with van der Waals surface area (Å²) in [6.45, 7) is 2.86. The van der Waals surface area contributed by atoms with Gasteiger partial charge >= 0.3 is 0 Å². The Morgan fingerprint density at radius 3 is 2.67 bits per heavy atom. The third kappa shape index (κ3) is 3.95. The third-order valence-electron chi connectivity index (χ3n) is 6.55. The molecule has 10 heteroatoms. The van der Waals surface area contributed by atoms with Crippen molar-refractivity contribution in [1.82, 2.24) is 18.8 Å². The number of hydrogen-bond donors (Lipinski definition) is 2. The van der Waals surface area contributed by atoms with E-state index in [0.29, 0.717) is 50.4 Å². The van der Waals surface area contributed by atoms with Gasteiger partial charge in [0.25, 0.3) is 5.56 Å². The maximum Gasteiger partial charge on any atom is 0.252 e. The Bertz CT molecular complexity index is 1090. The summed E-state index contributed by atoms with van der Waals surface area (Å²) in [4.78, 5) is 21.8. The molecule has 2 aliphatic rings. The van der Waals surface area contributed by atoms with Gasteiger partial charge < -0.3 is 10.4 Å². The van der Waals surface area contributed by atoms with Crippen LogP contribution < -0.4 is 10.9 Å². The molecule has 1 aliphatic carbocycles. The maximum atomic E-state index is 12.8. The van der Waals surface area contributed by atoms with E-state index >= 15 is 0 Å². The van der Waals surface area contributed by atoms with Gasteiger partial charge in [0.05, 0.1) is 17.9 Å². The number of anilines is 1. The van der Waals surface area contributed by atoms with Gasteiger partial charge in [-0.2, -0.15) is 4.98 Å². The molecule has 0 unspecified atom stereocenters. The first kappa shape index (κ1) is 21.2. The van der Waals surface area contributed by atoms with E-state index < -0.39 is 15.6 Å². The number of rotatable bonds is 5. The molecule has 1 aliphatic heterocycles. The number of pyridine rings is 1. The average Bonchev–Trinajstić information content (AvgIpc) is 3.09. The van der Waals surface area contributed by atoms with Gasteiger partial charge in [0.15, 0.2) is 0 Å². The van der Waals surface area contributed by atoms with Crippen LogP contribution in [0, 0.1) is 0 Å². The van der Waals surface area contributed by atoms with Gasteiger partial charge in [0.1, 0.15) is 5.65 Å². The summed E-state index contributed by atoms with van der Waals surface area (Å²) in [5, 5.41) is 15.1. The van der Waals surface area contributed by atoms with Crippen LogP contribution in [0.3, 0.4) is 0 Å². The summed E-state index contributed by atoms with van der Waals surface area (Å²) in [6.07, 6.45) is 7.09. The molecular weight excluding hydrogens is 406 g/mol. The first-order valence-electron chi connectivity index (χ1n) is 10.5. The molecule has 0 bridgehead atoms. The topological polar surface area (TPSA) is 117 Å². The quantitative estimate of drug-likeness (QED) is 0.731. The minimum atomic E-state index is -3.17. The molecular formula is C20H29N5O4S. The van der Waals surface area contributed by atoms with Gasteiger partial charge in [0.2, 0.25) is 16.0 Å². The van der Waals surface area contributed by atoms with Crippen LogP contribution in [0.2, 0.25) is 0 Å². The van der Waals surface area contributed by atoms with Gasteiger partial charge in [0, 0.05) is 36.8 Å². The molecule has 9 nitrogen and oxygen atoms in total. The summed E-state index contributed by atoms with van der Waals surface area (Å²) >= 11 is 0. The lowest BCUT2D eigenvalue weighted by atomic mass is 9.94. The third-order valence-corrected chi connectivity index (χ3v) is 7.86. The molecule has 2 aromatic rings. The number of aromatic nitrogens is 3. The van der Waals surface area contributed by atoms with Gasteiger partial charge in [-0.05, 0) is 44.6 Å². The van der Waals surface area contributed by atoms with Crippen molar-refractivity contribution < 1.29 is 13.5 Å². The van der Waals surface area contributed by atoms with Gasteiger partial charge in [-0.1, -0.05) is 6.92 Å². The van der Waals surface area contributed by atoms with Crippen molar-refractivity contribution in [3.05, 3.63) is 28.7 Å². The normalized spacial score (nSPS) is 26.3. The van der Waals surface area contributed by atoms with Crippen LogP contribution in [0.25, 0.3) is 11.0 Å². The summed E-state index contributed by atoms with van der Waals surface area (Å²) in [6, 6.07) is 2.97. The SMILES string of the molecule is CC[C@]1(O)CCC[C@@H]1n1c(=O)ccc2cnc(NC3CCN(S(C)(=O)=O)CC3)nc21. The second-order valence-electron chi connectivity index (χ2n) is 8.46. The highest BCUT2D eigenvalue weighted by Crippen LogP contribution is 2.41. The van der Waals surface area contributed by atoms with Crippen LogP contribution in [0.15, 0.2) is 23.1 Å². The van der Waals surface area contributed by atoms with Crippen LogP contribution in [-0.2, 0) is 10.0 Å². The number of hydrogen-bond acceptors (Lipinski definition) is 7. The van der Waals surface area contributed by atoms with E-state index in [1.54, 1.807) is 16.8 Å². The van der Waals surface area contributed by atoms with E-state index in [4.69, 9.17) is 0 Å². The zero-order chi connectivity index (χ0) is 21.5. The zero-order valence-electron chi connectivity index (χ0n) is 17.4. The highest BCUT2D eigenvalue weighted by atomic mass is 32.2. The molecule has 0 aromatic carbocycles. The number of nitrogens with zero attached hydrogens (tertiary/aromatic N) is 4. The monoisotopic (exact) mass is 435 g/mol. The van der Waals surface area contributed by atoms with E-state index in [0.717, 1.165) is 18.2 Å².